The molecule has 3 heteroatoms. The highest BCUT2D eigenvalue weighted by Gasteiger charge is 2.07. The predicted molar refractivity (Wildman–Crippen MR) is 85.6 cm³/mol. The van der Waals surface area contributed by atoms with Crippen LogP contribution in [0.15, 0.2) is 35.3 Å². The molecule has 0 bridgehead atoms. The van der Waals surface area contributed by atoms with Gasteiger partial charge >= 0.3 is 0 Å². The second kappa shape index (κ2) is 9.16. The zero-order valence-electron chi connectivity index (χ0n) is 11.9. The largest absolute Gasteiger partial charge is 0.492 e. The van der Waals surface area contributed by atoms with E-state index in [9.17, 15) is 0 Å². The van der Waals surface area contributed by atoms with Gasteiger partial charge in [0.1, 0.15) is 5.75 Å². The number of ether oxygens (including phenoxy) is 1. The van der Waals surface area contributed by atoms with Gasteiger partial charge in [-0.3, -0.25) is 0 Å². The number of rotatable bonds is 9. The minimum Gasteiger partial charge on any atom is -0.492 e. The van der Waals surface area contributed by atoms with Crippen LogP contribution in [0.1, 0.15) is 32.3 Å². The minimum absolute atomic E-state index is 0.657. The molecule has 0 aliphatic carbocycles. The van der Waals surface area contributed by atoms with Gasteiger partial charge in [0.15, 0.2) is 0 Å². The lowest BCUT2D eigenvalue weighted by Gasteiger charge is -2.14. The Labute approximate surface area is 125 Å². The maximum Gasteiger partial charge on any atom is 0.137 e. The summed E-state index contributed by atoms with van der Waals surface area (Å²) in [6.07, 6.45) is 3.92. The van der Waals surface area contributed by atoms with E-state index < -0.39 is 0 Å². The van der Waals surface area contributed by atoms with Crippen LogP contribution in [0.5, 0.6) is 5.75 Å². The second-order valence-corrected chi connectivity index (χ2v) is 5.89. The van der Waals surface area contributed by atoms with Crippen molar-refractivity contribution in [3.05, 3.63) is 40.9 Å². The van der Waals surface area contributed by atoms with Crippen molar-refractivity contribution in [2.24, 2.45) is 5.92 Å². The summed E-state index contributed by atoms with van der Waals surface area (Å²) in [6.45, 7) is 10.7. The van der Waals surface area contributed by atoms with Gasteiger partial charge in [-0.15, -0.1) is 6.58 Å². The van der Waals surface area contributed by atoms with Crippen LogP contribution in [0.2, 0.25) is 0 Å². The maximum absolute atomic E-state index is 5.89. The quantitative estimate of drug-likeness (QED) is 0.531. The lowest BCUT2D eigenvalue weighted by atomic mass is 10.2. The zero-order chi connectivity index (χ0) is 14.1. The molecular formula is C16H24BrNO. The van der Waals surface area contributed by atoms with Crippen LogP contribution in [0.4, 0.5) is 0 Å². The van der Waals surface area contributed by atoms with Crippen LogP contribution in [0, 0.1) is 5.92 Å². The van der Waals surface area contributed by atoms with Crippen LogP contribution in [0.3, 0.4) is 0 Å². The summed E-state index contributed by atoms with van der Waals surface area (Å²) in [5.41, 5.74) is 1.20. The summed E-state index contributed by atoms with van der Waals surface area (Å²) < 4.78 is 6.92. The van der Waals surface area contributed by atoms with Crippen molar-refractivity contribution < 1.29 is 4.74 Å². The van der Waals surface area contributed by atoms with E-state index in [1.165, 1.54) is 5.56 Å². The summed E-state index contributed by atoms with van der Waals surface area (Å²) in [5, 5.41) is 3.45. The Hall–Kier alpha value is -0.800. The Morgan fingerprint density at radius 3 is 2.89 bits per heavy atom. The molecule has 0 fully saturated rings. The maximum atomic E-state index is 5.89. The highest BCUT2D eigenvalue weighted by molar-refractivity contribution is 9.10. The molecule has 1 rings (SSSR count). The van der Waals surface area contributed by atoms with Gasteiger partial charge in [0.05, 0.1) is 11.1 Å². The van der Waals surface area contributed by atoms with Gasteiger partial charge in [-0.25, -0.2) is 0 Å². The molecule has 0 aromatic heterocycles. The Kier molecular flexibility index (Phi) is 7.84. The third kappa shape index (κ3) is 6.26. The number of allylic oxidation sites excluding steroid dienone is 1. The summed E-state index contributed by atoms with van der Waals surface area (Å²) in [6, 6.07) is 6.18. The predicted octanol–water partition coefficient (Wildman–Crippen LogP) is 4.54. The normalized spacial score (nSPS) is 10.7. The van der Waals surface area contributed by atoms with Gasteiger partial charge in [0, 0.05) is 12.1 Å². The van der Waals surface area contributed by atoms with Gasteiger partial charge < -0.3 is 10.1 Å². The molecule has 0 aliphatic heterocycles. The van der Waals surface area contributed by atoms with E-state index in [-0.39, 0.29) is 0 Å². The number of hydrogen-bond acceptors (Lipinski definition) is 2. The van der Waals surface area contributed by atoms with Gasteiger partial charge in [-0.1, -0.05) is 32.1 Å². The number of para-hydroxylation sites is 1. The van der Waals surface area contributed by atoms with E-state index in [1.807, 2.05) is 18.2 Å². The van der Waals surface area contributed by atoms with Crippen LogP contribution in [0.25, 0.3) is 0 Å². The number of benzene rings is 1. The molecule has 0 aliphatic rings. The van der Waals surface area contributed by atoms with Gasteiger partial charge in [0.25, 0.3) is 0 Å². The van der Waals surface area contributed by atoms with Crippen LogP contribution in [-0.4, -0.2) is 13.2 Å². The third-order valence-corrected chi connectivity index (χ3v) is 3.34. The van der Waals surface area contributed by atoms with Crippen molar-refractivity contribution in [3.8, 4) is 5.75 Å². The molecule has 1 N–H and O–H groups in total. The molecule has 0 heterocycles. The van der Waals surface area contributed by atoms with E-state index in [2.05, 4.69) is 47.7 Å². The van der Waals surface area contributed by atoms with Gasteiger partial charge in [-0.05, 0) is 47.3 Å². The third-order valence-electron chi connectivity index (χ3n) is 2.72. The lowest BCUT2D eigenvalue weighted by molar-refractivity contribution is 0.306. The SMILES string of the molecule is C=CCCCOc1c(Br)cccc1CNCC(C)C. The first-order chi connectivity index (χ1) is 9.15. The first kappa shape index (κ1) is 16.3. The van der Waals surface area contributed by atoms with Crippen molar-refractivity contribution >= 4 is 15.9 Å². The molecule has 2 nitrogen and oxygen atoms in total. The lowest BCUT2D eigenvalue weighted by Crippen LogP contribution is -2.19. The van der Waals surface area contributed by atoms with Crippen molar-refractivity contribution in [1.82, 2.24) is 5.32 Å². The topological polar surface area (TPSA) is 21.3 Å². The molecule has 0 unspecified atom stereocenters. The fourth-order valence-corrected chi connectivity index (χ4v) is 2.27. The number of nitrogens with one attached hydrogen (secondary N) is 1. The average Bonchev–Trinajstić information content (AvgIpc) is 2.36. The van der Waals surface area contributed by atoms with E-state index in [0.29, 0.717) is 5.92 Å². The highest BCUT2D eigenvalue weighted by atomic mass is 79.9. The second-order valence-electron chi connectivity index (χ2n) is 5.03. The first-order valence-corrected chi connectivity index (χ1v) is 7.66. The summed E-state index contributed by atoms with van der Waals surface area (Å²) in [5.74, 6) is 1.62. The van der Waals surface area contributed by atoms with Crippen molar-refractivity contribution in [1.29, 1.82) is 0 Å². The molecule has 0 atom stereocenters. The Balaban J connectivity index is 2.58. The fraction of sp³-hybridized carbons (Fsp3) is 0.500. The molecular weight excluding hydrogens is 302 g/mol. The van der Waals surface area contributed by atoms with Crippen molar-refractivity contribution in [2.75, 3.05) is 13.2 Å². The molecule has 0 radical (unpaired) electrons. The standard InChI is InChI=1S/C16H24BrNO/c1-4-5-6-10-19-16-14(8-7-9-15(16)17)12-18-11-13(2)3/h4,7-9,13,18H,1,5-6,10-12H2,2-3H3. The molecule has 106 valence electrons. The summed E-state index contributed by atoms with van der Waals surface area (Å²) >= 11 is 3.56. The van der Waals surface area contributed by atoms with E-state index in [4.69, 9.17) is 4.74 Å². The molecule has 19 heavy (non-hydrogen) atoms. The Morgan fingerprint density at radius 2 is 2.21 bits per heavy atom. The molecule has 1 aromatic rings. The van der Waals surface area contributed by atoms with Crippen LogP contribution in [-0.2, 0) is 6.54 Å². The Morgan fingerprint density at radius 1 is 1.42 bits per heavy atom. The van der Waals surface area contributed by atoms with Gasteiger partial charge in [0.2, 0.25) is 0 Å². The highest BCUT2D eigenvalue weighted by Crippen LogP contribution is 2.29. The van der Waals surface area contributed by atoms with Crippen LogP contribution >= 0.6 is 15.9 Å². The smallest absolute Gasteiger partial charge is 0.137 e. The monoisotopic (exact) mass is 325 g/mol. The van der Waals surface area contributed by atoms with E-state index in [1.54, 1.807) is 0 Å². The molecule has 0 saturated heterocycles. The minimum atomic E-state index is 0.657. The molecule has 1 aromatic carbocycles. The summed E-state index contributed by atoms with van der Waals surface area (Å²) in [7, 11) is 0. The molecule has 0 saturated carbocycles. The summed E-state index contributed by atoms with van der Waals surface area (Å²) in [4.78, 5) is 0. The van der Waals surface area contributed by atoms with Crippen molar-refractivity contribution in [2.45, 2.75) is 33.2 Å². The van der Waals surface area contributed by atoms with Crippen LogP contribution < -0.4 is 10.1 Å². The number of hydrogen-bond donors (Lipinski definition) is 1. The fourth-order valence-electron chi connectivity index (χ4n) is 1.75. The average molecular weight is 326 g/mol. The van der Waals surface area contributed by atoms with E-state index >= 15 is 0 Å². The number of halogens is 1. The van der Waals surface area contributed by atoms with E-state index in [0.717, 1.165) is 42.8 Å². The number of unbranched alkanes of at least 4 members (excludes halogenated alkanes) is 1. The molecule has 0 spiro atoms. The zero-order valence-corrected chi connectivity index (χ0v) is 13.5. The molecule has 0 amide bonds. The van der Waals surface area contributed by atoms with Crippen molar-refractivity contribution in [3.63, 3.8) is 0 Å². The first-order valence-electron chi connectivity index (χ1n) is 6.87. The van der Waals surface area contributed by atoms with Gasteiger partial charge in [-0.2, -0.15) is 0 Å². The Bertz CT molecular complexity index is 390.